The molecule has 0 amide bonds. The van der Waals surface area contributed by atoms with Crippen molar-refractivity contribution in [2.24, 2.45) is 0 Å². The number of benzene rings is 2. The van der Waals surface area contributed by atoms with Crippen LogP contribution in [0.15, 0.2) is 42.5 Å². The molecule has 0 radical (unpaired) electrons. The van der Waals surface area contributed by atoms with Crippen molar-refractivity contribution in [3.63, 3.8) is 0 Å². The van der Waals surface area contributed by atoms with Crippen molar-refractivity contribution >= 4 is 51.6 Å². The van der Waals surface area contributed by atoms with E-state index >= 15 is 0 Å². The SMILES string of the molecule is O=C(Cc1ccccc1Cl)c1cc(Cl)ccc1I. The minimum atomic E-state index is 0.0231. The lowest BCUT2D eigenvalue weighted by molar-refractivity contribution is 0.0992. The summed E-state index contributed by atoms with van der Waals surface area (Å²) in [4.78, 5) is 12.2. The van der Waals surface area contributed by atoms with Crippen LogP contribution in [0.4, 0.5) is 0 Å². The first-order chi connectivity index (χ1) is 8.58. The van der Waals surface area contributed by atoms with E-state index in [9.17, 15) is 4.79 Å². The summed E-state index contributed by atoms with van der Waals surface area (Å²) < 4.78 is 0.897. The van der Waals surface area contributed by atoms with Crippen molar-refractivity contribution in [3.8, 4) is 0 Å². The average Bonchev–Trinajstić information content (AvgIpc) is 2.35. The number of carbonyl (C=O) groups is 1. The van der Waals surface area contributed by atoms with E-state index in [0.29, 0.717) is 15.6 Å². The van der Waals surface area contributed by atoms with Gasteiger partial charge >= 0.3 is 0 Å². The molecule has 0 aliphatic heterocycles. The maximum absolute atomic E-state index is 12.2. The first-order valence-corrected chi connectivity index (χ1v) is 7.13. The second-order valence-corrected chi connectivity index (χ2v) is 5.82. The second-order valence-electron chi connectivity index (χ2n) is 3.82. The lowest BCUT2D eigenvalue weighted by Gasteiger charge is -2.06. The van der Waals surface area contributed by atoms with Gasteiger partial charge in [-0.05, 0) is 52.4 Å². The molecule has 4 heteroatoms. The van der Waals surface area contributed by atoms with Crippen LogP contribution in [0.1, 0.15) is 15.9 Å². The Morgan fingerprint density at radius 2 is 1.83 bits per heavy atom. The zero-order chi connectivity index (χ0) is 13.1. The van der Waals surface area contributed by atoms with Gasteiger partial charge in [0.1, 0.15) is 0 Å². The second kappa shape index (κ2) is 6.04. The highest BCUT2D eigenvalue weighted by molar-refractivity contribution is 14.1. The van der Waals surface area contributed by atoms with Crippen LogP contribution in [-0.4, -0.2) is 5.78 Å². The van der Waals surface area contributed by atoms with E-state index in [1.165, 1.54) is 0 Å². The summed E-state index contributed by atoms with van der Waals surface area (Å²) in [7, 11) is 0. The van der Waals surface area contributed by atoms with Crippen LogP contribution in [-0.2, 0) is 6.42 Å². The van der Waals surface area contributed by atoms with Gasteiger partial charge in [-0.25, -0.2) is 0 Å². The molecule has 0 heterocycles. The van der Waals surface area contributed by atoms with Crippen LogP contribution in [0.2, 0.25) is 10.0 Å². The van der Waals surface area contributed by atoms with Crippen LogP contribution in [0.3, 0.4) is 0 Å². The standard InChI is InChI=1S/C14H9Cl2IO/c15-10-5-6-13(17)11(8-10)14(18)7-9-3-1-2-4-12(9)16/h1-6,8H,7H2. The molecule has 0 spiro atoms. The molecule has 0 bridgehead atoms. The van der Waals surface area contributed by atoms with E-state index in [0.717, 1.165) is 9.13 Å². The summed E-state index contributed by atoms with van der Waals surface area (Å²) >= 11 is 14.1. The van der Waals surface area contributed by atoms with Crippen molar-refractivity contribution in [1.29, 1.82) is 0 Å². The molecule has 0 aliphatic carbocycles. The molecule has 2 aromatic rings. The highest BCUT2D eigenvalue weighted by Crippen LogP contribution is 2.22. The molecule has 1 nitrogen and oxygen atoms in total. The molecular formula is C14H9Cl2IO. The summed E-state index contributed by atoms with van der Waals surface area (Å²) in [5.74, 6) is 0.0231. The van der Waals surface area contributed by atoms with Crippen LogP contribution in [0, 0.1) is 3.57 Å². The van der Waals surface area contributed by atoms with E-state index in [2.05, 4.69) is 22.6 Å². The maximum Gasteiger partial charge on any atom is 0.168 e. The number of hydrogen-bond donors (Lipinski definition) is 0. The molecule has 92 valence electrons. The van der Waals surface area contributed by atoms with Crippen LogP contribution in [0.25, 0.3) is 0 Å². The van der Waals surface area contributed by atoms with E-state index in [-0.39, 0.29) is 12.2 Å². The zero-order valence-electron chi connectivity index (χ0n) is 9.29. The molecule has 2 aromatic carbocycles. The summed E-state index contributed by atoms with van der Waals surface area (Å²) in [5, 5.41) is 1.18. The molecule has 0 aromatic heterocycles. The molecule has 2 rings (SSSR count). The Labute approximate surface area is 129 Å². The summed E-state index contributed by atoms with van der Waals surface area (Å²) in [5.41, 5.74) is 1.47. The minimum absolute atomic E-state index is 0.0231. The molecule has 0 fully saturated rings. The Balaban J connectivity index is 2.28. The number of rotatable bonds is 3. The molecule has 18 heavy (non-hydrogen) atoms. The number of ketones is 1. The van der Waals surface area contributed by atoms with Crippen molar-refractivity contribution in [2.45, 2.75) is 6.42 Å². The smallest absolute Gasteiger partial charge is 0.168 e. The Morgan fingerprint density at radius 3 is 2.56 bits per heavy atom. The van der Waals surface area contributed by atoms with Crippen LogP contribution in [0.5, 0.6) is 0 Å². The molecular weight excluding hydrogens is 382 g/mol. The van der Waals surface area contributed by atoms with E-state index in [4.69, 9.17) is 23.2 Å². The van der Waals surface area contributed by atoms with Gasteiger partial charge in [0, 0.05) is 25.6 Å². The number of halogens is 3. The Hall–Kier alpha value is -0.580. The summed E-state index contributed by atoms with van der Waals surface area (Å²) in [6.07, 6.45) is 0.288. The maximum atomic E-state index is 12.2. The van der Waals surface area contributed by atoms with Gasteiger partial charge in [0.2, 0.25) is 0 Å². The van der Waals surface area contributed by atoms with Crippen molar-refractivity contribution in [3.05, 3.63) is 67.2 Å². The number of Topliss-reactive ketones (excluding diaryl/α,β-unsaturated/α-hetero) is 1. The minimum Gasteiger partial charge on any atom is -0.294 e. The molecule has 0 atom stereocenters. The molecule has 0 aliphatic rings. The Morgan fingerprint density at radius 1 is 1.11 bits per heavy atom. The van der Waals surface area contributed by atoms with Crippen molar-refractivity contribution in [2.75, 3.05) is 0 Å². The zero-order valence-corrected chi connectivity index (χ0v) is 13.0. The predicted octanol–water partition coefficient (Wildman–Crippen LogP) is 5.02. The van der Waals surface area contributed by atoms with Crippen LogP contribution < -0.4 is 0 Å². The van der Waals surface area contributed by atoms with Gasteiger partial charge in [0.25, 0.3) is 0 Å². The number of carbonyl (C=O) groups excluding carboxylic acids is 1. The van der Waals surface area contributed by atoms with Gasteiger partial charge in [0.05, 0.1) is 0 Å². The van der Waals surface area contributed by atoms with E-state index < -0.39 is 0 Å². The largest absolute Gasteiger partial charge is 0.294 e. The monoisotopic (exact) mass is 390 g/mol. The number of hydrogen-bond acceptors (Lipinski definition) is 1. The lowest BCUT2D eigenvalue weighted by Crippen LogP contribution is -2.06. The summed E-state index contributed by atoms with van der Waals surface area (Å²) in [6, 6.07) is 12.7. The average molecular weight is 391 g/mol. The Kier molecular flexibility index (Phi) is 4.65. The van der Waals surface area contributed by atoms with Crippen molar-refractivity contribution < 1.29 is 4.79 Å². The molecule has 0 unspecified atom stereocenters. The van der Waals surface area contributed by atoms with Gasteiger partial charge in [-0.3, -0.25) is 4.79 Å². The highest BCUT2D eigenvalue weighted by atomic mass is 127. The predicted molar refractivity (Wildman–Crippen MR) is 83.7 cm³/mol. The quantitative estimate of drug-likeness (QED) is 0.531. The van der Waals surface area contributed by atoms with Gasteiger partial charge in [0.15, 0.2) is 5.78 Å². The van der Waals surface area contributed by atoms with Crippen molar-refractivity contribution in [1.82, 2.24) is 0 Å². The third-order valence-electron chi connectivity index (χ3n) is 2.54. The van der Waals surface area contributed by atoms with Gasteiger partial charge < -0.3 is 0 Å². The highest BCUT2D eigenvalue weighted by Gasteiger charge is 2.12. The van der Waals surface area contributed by atoms with Gasteiger partial charge in [-0.15, -0.1) is 0 Å². The Bertz CT molecular complexity index is 596. The van der Waals surface area contributed by atoms with E-state index in [1.807, 2.05) is 24.3 Å². The van der Waals surface area contributed by atoms with Gasteiger partial charge in [-0.2, -0.15) is 0 Å². The third kappa shape index (κ3) is 3.25. The van der Waals surface area contributed by atoms with Crippen LogP contribution >= 0.6 is 45.8 Å². The fraction of sp³-hybridized carbons (Fsp3) is 0.0714. The normalized spacial score (nSPS) is 10.4. The summed E-state index contributed by atoms with van der Waals surface area (Å²) in [6.45, 7) is 0. The van der Waals surface area contributed by atoms with E-state index in [1.54, 1.807) is 18.2 Å². The molecule has 0 saturated carbocycles. The first-order valence-electron chi connectivity index (χ1n) is 5.29. The molecule has 0 saturated heterocycles. The topological polar surface area (TPSA) is 17.1 Å². The first kappa shape index (κ1) is 13.8. The fourth-order valence-corrected chi connectivity index (χ4v) is 2.63. The lowest BCUT2D eigenvalue weighted by atomic mass is 10.0. The third-order valence-corrected chi connectivity index (χ3v) is 4.08. The fourth-order valence-electron chi connectivity index (χ4n) is 1.62. The molecule has 0 N–H and O–H groups in total. The van der Waals surface area contributed by atoms with Gasteiger partial charge in [-0.1, -0.05) is 41.4 Å².